The Hall–Kier alpha value is -7.20. The first-order valence-electron chi connectivity index (χ1n) is 19.3. The van der Waals surface area contributed by atoms with E-state index in [-0.39, 0.29) is 0 Å². The molecule has 0 amide bonds. The number of anilines is 3. The summed E-state index contributed by atoms with van der Waals surface area (Å²) in [6, 6.07) is 76.2. The number of thiophene rings is 1. The number of furan rings is 1. The SMILES string of the molecule is c1ccc(-c2ccc(-c3ccc(N(c4ccc(-c5ccc6sc7ccccc7c6c5)cc4)c4cccc5c4oc4c(-c6ccccc6)cccc45)cc3)cc2)cc1. The molecule has 268 valence electrons. The first kappa shape index (κ1) is 33.2. The van der Waals surface area contributed by atoms with Gasteiger partial charge in [-0.15, -0.1) is 11.3 Å². The Kier molecular flexibility index (Phi) is 8.04. The summed E-state index contributed by atoms with van der Waals surface area (Å²) in [6.07, 6.45) is 0. The maximum Gasteiger partial charge on any atom is 0.159 e. The average Bonchev–Trinajstić information content (AvgIpc) is 3.86. The van der Waals surface area contributed by atoms with Gasteiger partial charge in [0.05, 0.1) is 5.69 Å². The van der Waals surface area contributed by atoms with E-state index in [1.807, 2.05) is 11.3 Å². The Balaban J connectivity index is 1.02. The molecule has 11 rings (SSSR count). The zero-order valence-corrected chi connectivity index (χ0v) is 31.8. The fourth-order valence-electron chi connectivity index (χ4n) is 8.25. The highest BCUT2D eigenvalue weighted by Gasteiger charge is 2.21. The average molecular weight is 746 g/mol. The number of hydrogen-bond acceptors (Lipinski definition) is 3. The van der Waals surface area contributed by atoms with Crippen molar-refractivity contribution in [3.8, 4) is 44.5 Å². The molecule has 2 aromatic heterocycles. The van der Waals surface area contributed by atoms with Crippen molar-refractivity contribution >= 4 is 70.5 Å². The number of benzene rings is 9. The van der Waals surface area contributed by atoms with Crippen LogP contribution in [0.1, 0.15) is 0 Å². The highest BCUT2D eigenvalue weighted by Crippen LogP contribution is 2.45. The molecule has 0 atom stereocenters. The van der Waals surface area contributed by atoms with Crippen LogP contribution in [0.25, 0.3) is 86.6 Å². The quantitative estimate of drug-likeness (QED) is 0.162. The van der Waals surface area contributed by atoms with Crippen molar-refractivity contribution in [1.29, 1.82) is 0 Å². The van der Waals surface area contributed by atoms with E-state index in [9.17, 15) is 0 Å². The Morgan fingerprint density at radius 2 is 0.789 bits per heavy atom. The van der Waals surface area contributed by atoms with Crippen LogP contribution in [0, 0.1) is 0 Å². The van der Waals surface area contributed by atoms with Crippen molar-refractivity contribution in [2.75, 3.05) is 4.90 Å². The van der Waals surface area contributed by atoms with Gasteiger partial charge in [0.15, 0.2) is 5.58 Å². The molecule has 0 spiro atoms. The molecule has 2 heterocycles. The van der Waals surface area contributed by atoms with Crippen molar-refractivity contribution in [2.24, 2.45) is 0 Å². The van der Waals surface area contributed by atoms with E-state index in [0.29, 0.717) is 0 Å². The van der Waals surface area contributed by atoms with Crippen LogP contribution < -0.4 is 4.90 Å². The Morgan fingerprint density at radius 3 is 1.46 bits per heavy atom. The van der Waals surface area contributed by atoms with Crippen LogP contribution in [-0.4, -0.2) is 0 Å². The van der Waals surface area contributed by atoms with Gasteiger partial charge in [-0.3, -0.25) is 0 Å². The first-order chi connectivity index (χ1) is 28.2. The van der Waals surface area contributed by atoms with Crippen LogP contribution >= 0.6 is 11.3 Å². The topological polar surface area (TPSA) is 16.4 Å². The molecule has 0 aliphatic heterocycles. The van der Waals surface area contributed by atoms with Crippen LogP contribution in [0.5, 0.6) is 0 Å². The molecule has 0 aliphatic rings. The summed E-state index contributed by atoms with van der Waals surface area (Å²) in [7, 11) is 0. The maximum absolute atomic E-state index is 6.95. The van der Waals surface area contributed by atoms with Crippen LogP contribution in [0.4, 0.5) is 17.1 Å². The standard InChI is InChI=1S/C54H35NOS/c1-3-11-36(12-4-1)37-21-23-38(24-22-37)39-25-30-43(31-26-39)55(44-32-27-40(28-33-44)42-29-34-52-49(35-42)46-15-7-8-20-51(46)57-52)50-19-10-18-48-47-17-9-16-45(53(47)56-54(48)50)41-13-5-2-6-14-41/h1-35H. The van der Waals surface area contributed by atoms with E-state index in [4.69, 9.17) is 4.42 Å². The molecule has 0 N–H and O–H groups in total. The predicted octanol–water partition coefficient (Wildman–Crippen LogP) is 16.1. The van der Waals surface area contributed by atoms with Gasteiger partial charge in [-0.1, -0.05) is 164 Å². The van der Waals surface area contributed by atoms with Crippen molar-refractivity contribution < 1.29 is 4.42 Å². The molecular formula is C54H35NOS. The smallest absolute Gasteiger partial charge is 0.159 e. The highest BCUT2D eigenvalue weighted by atomic mass is 32.1. The van der Waals surface area contributed by atoms with E-state index in [1.54, 1.807) is 0 Å². The molecular weight excluding hydrogens is 711 g/mol. The second-order valence-corrected chi connectivity index (χ2v) is 15.6. The Morgan fingerprint density at radius 1 is 0.316 bits per heavy atom. The summed E-state index contributed by atoms with van der Waals surface area (Å²) in [6.45, 7) is 0. The lowest BCUT2D eigenvalue weighted by Crippen LogP contribution is -2.10. The molecule has 57 heavy (non-hydrogen) atoms. The van der Waals surface area contributed by atoms with Gasteiger partial charge < -0.3 is 9.32 Å². The molecule has 0 saturated carbocycles. The zero-order chi connectivity index (χ0) is 37.7. The summed E-state index contributed by atoms with van der Waals surface area (Å²) < 4.78 is 9.59. The highest BCUT2D eigenvalue weighted by molar-refractivity contribution is 7.25. The van der Waals surface area contributed by atoms with E-state index in [1.165, 1.54) is 53.6 Å². The lowest BCUT2D eigenvalue weighted by Gasteiger charge is -2.26. The molecule has 0 radical (unpaired) electrons. The van der Waals surface area contributed by atoms with E-state index in [2.05, 4.69) is 217 Å². The van der Waals surface area contributed by atoms with Crippen LogP contribution in [0.3, 0.4) is 0 Å². The molecule has 0 unspecified atom stereocenters. The van der Waals surface area contributed by atoms with Gasteiger partial charge in [-0.05, 0) is 87.5 Å². The van der Waals surface area contributed by atoms with Crippen molar-refractivity contribution in [3.63, 3.8) is 0 Å². The lowest BCUT2D eigenvalue weighted by molar-refractivity contribution is 0.670. The first-order valence-corrected chi connectivity index (χ1v) is 20.1. The van der Waals surface area contributed by atoms with Gasteiger partial charge in [-0.25, -0.2) is 0 Å². The number of para-hydroxylation sites is 2. The second kappa shape index (κ2) is 13.8. The van der Waals surface area contributed by atoms with Gasteiger partial charge in [0, 0.05) is 47.9 Å². The Labute approximate surface area is 335 Å². The summed E-state index contributed by atoms with van der Waals surface area (Å²) in [5.41, 5.74) is 14.2. The summed E-state index contributed by atoms with van der Waals surface area (Å²) in [5.74, 6) is 0. The molecule has 0 bridgehead atoms. The number of rotatable bonds is 7. The van der Waals surface area contributed by atoms with Gasteiger partial charge in [-0.2, -0.15) is 0 Å². The third-order valence-corrected chi connectivity index (χ3v) is 12.3. The molecule has 3 heteroatoms. The van der Waals surface area contributed by atoms with Gasteiger partial charge in [0.1, 0.15) is 5.58 Å². The number of hydrogen-bond donors (Lipinski definition) is 0. The second-order valence-electron chi connectivity index (χ2n) is 14.5. The lowest BCUT2D eigenvalue weighted by atomic mass is 10.00. The minimum atomic E-state index is 0.857. The van der Waals surface area contributed by atoms with Gasteiger partial charge in [0.2, 0.25) is 0 Å². The van der Waals surface area contributed by atoms with Crippen LogP contribution in [-0.2, 0) is 0 Å². The fourth-order valence-corrected chi connectivity index (χ4v) is 9.34. The molecule has 0 aliphatic carbocycles. The monoisotopic (exact) mass is 745 g/mol. The van der Waals surface area contributed by atoms with Gasteiger partial charge in [0.25, 0.3) is 0 Å². The third-order valence-electron chi connectivity index (χ3n) is 11.1. The molecule has 0 fully saturated rings. The minimum absolute atomic E-state index is 0.857. The van der Waals surface area contributed by atoms with Gasteiger partial charge >= 0.3 is 0 Å². The Bertz CT molecular complexity index is 3200. The normalized spacial score (nSPS) is 11.5. The summed E-state index contributed by atoms with van der Waals surface area (Å²) >= 11 is 1.85. The molecule has 0 saturated heterocycles. The van der Waals surface area contributed by atoms with Crippen molar-refractivity contribution in [3.05, 3.63) is 212 Å². The molecule has 11 aromatic rings. The minimum Gasteiger partial charge on any atom is -0.453 e. The van der Waals surface area contributed by atoms with Crippen LogP contribution in [0.15, 0.2) is 217 Å². The zero-order valence-electron chi connectivity index (χ0n) is 31.0. The summed E-state index contributed by atoms with van der Waals surface area (Å²) in [4.78, 5) is 2.33. The van der Waals surface area contributed by atoms with E-state index < -0.39 is 0 Å². The molecule has 9 aromatic carbocycles. The summed E-state index contributed by atoms with van der Waals surface area (Å²) in [5, 5.41) is 4.81. The van der Waals surface area contributed by atoms with Crippen molar-refractivity contribution in [1.82, 2.24) is 0 Å². The number of nitrogens with zero attached hydrogens (tertiary/aromatic N) is 1. The predicted molar refractivity (Wildman–Crippen MR) is 243 cm³/mol. The van der Waals surface area contributed by atoms with E-state index >= 15 is 0 Å². The van der Waals surface area contributed by atoms with Crippen molar-refractivity contribution in [2.45, 2.75) is 0 Å². The maximum atomic E-state index is 6.95. The van der Waals surface area contributed by atoms with Crippen LogP contribution in [0.2, 0.25) is 0 Å². The molecule has 2 nitrogen and oxygen atoms in total. The fraction of sp³-hybridized carbons (Fsp3) is 0. The number of fused-ring (bicyclic) bond motifs is 6. The third kappa shape index (κ3) is 5.88. The van der Waals surface area contributed by atoms with E-state index in [0.717, 1.165) is 50.1 Å². The largest absolute Gasteiger partial charge is 0.453 e.